The van der Waals surface area contributed by atoms with Crippen molar-refractivity contribution in [1.29, 1.82) is 0 Å². The standard InChI is InChI=1S/C8H13N3O/c1-11-7(2-4-10-11)8-6(9)3-5-12-8/h2,4,6,8H,3,5,9H2,1H3/t6-,8-/m0/s1. The number of nitrogens with two attached hydrogens (primary N) is 1. The average molecular weight is 167 g/mol. The molecule has 0 saturated carbocycles. The minimum Gasteiger partial charge on any atom is -0.370 e. The number of aromatic nitrogens is 2. The van der Waals surface area contributed by atoms with Gasteiger partial charge in [0.05, 0.1) is 5.69 Å². The van der Waals surface area contributed by atoms with Crippen LogP contribution >= 0.6 is 0 Å². The molecule has 2 rings (SSSR count). The molecular weight excluding hydrogens is 154 g/mol. The first kappa shape index (κ1) is 7.76. The molecule has 4 heteroatoms. The monoisotopic (exact) mass is 167 g/mol. The van der Waals surface area contributed by atoms with E-state index in [-0.39, 0.29) is 12.1 Å². The molecule has 0 amide bonds. The highest BCUT2D eigenvalue weighted by Gasteiger charge is 2.28. The second-order valence-electron chi connectivity index (χ2n) is 3.12. The molecule has 1 aromatic heterocycles. The van der Waals surface area contributed by atoms with E-state index < -0.39 is 0 Å². The SMILES string of the molecule is Cn1nccc1[C@H]1OCC[C@@H]1N. The highest BCUT2D eigenvalue weighted by molar-refractivity contribution is 5.08. The van der Waals surface area contributed by atoms with Crippen molar-refractivity contribution in [3.8, 4) is 0 Å². The van der Waals surface area contributed by atoms with Gasteiger partial charge in [-0.1, -0.05) is 0 Å². The van der Waals surface area contributed by atoms with Gasteiger partial charge in [-0.15, -0.1) is 0 Å². The summed E-state index contributed by atoms with van der Waals surface area (Å²) in [6.07, 6.45) is 2.75. The lowest BCUT2D eigenvalue weighted by molar-refractivity contribution is 0.0983. The third kappa shape index (κ3) is 1.13. The molecular formula is C8H13N3O. The molecule has 1 aromatic rings. The normalized spacial score (nSPS) is 29.5. The van der Waals surface area contributed by atoms with Crippen LogP contribution in [0.4, 0.5) is 0 Å². The third-order valence-electron chi connectivity index (χ3n) is 2.29. The van der Waals surface area contributed by atoms with E-state index in [1.807, 2.05) is 17.8 Å². The van der Waals surface area contributed by atoms with Crippen molar-refractivity contribution in [2.75, 3.05) is 6.61 Å². The van der Waals surface area contributed by atoms with Crippen LogP contribution < -0.4 is 5.73 Å². The largest absolute Gasteiger partial charge is 0.370 e. The summed E-state index contributed by atoms with van der Waals surface area (Å²) >= 11 is 0. The molecule has 1 saturated heterocycles. The van der Waals surface area contributed by atoms with Gasteiger partial charge in [0.2, 0.25) is 0 Å². The van der Waals surface area contributed by atoms with Crippen LogP contribution in [0.1, 0.15) is 18.2 Å². The highest BCUT2D eigenvalue weighted by atomic mass is 16.5. The number of ether oxygens (including phenoxy) is 1. The predicted octanol–water partition coefficient (Wildman–Crippen LogP) is 0.209. The van der Waals surface area contributed by atoms with Crippen molar-refractivity contribution in [1.82, 2.24) is 9.78 Å². The molecule has 1 aliphatic rings. The summed E-state index contributed by atoms with van der Waals surface area (Å²) in [6, 6.07) is 2.08. The molecule has 1 fully saturated rings. The fourth-order valence-corrected chi connectivity index (χ4v) is 1.57. The predicted molar refractivity (Wildman–Crippen MR) is 44.5 cm³/mol. The van der Waals surface area contributed by atoms with Crippen LogP contribution in [0.2, 0.25) is 0 Å². The van der Waals surface area contributed by atoms with E-state index in [0.29, 0.717) is 0 Å². The van der Waals surface area contributed by atoms with E-state index in [9.17, 15) is 0 Å². The fourth-order valence-electron chi connectivity index (χ4n) is 1.57. The summed E-state index contributed by atoms with van der Waals surface area (Å²) in [5.74, 6) is 0. The maximum absolute atomic E-state index is 5.87. The molecule has 0 spiro atoms. The van der Waals surface area contributed by atoms with Crippen LogP contribution in [-0.4, -0.2) is 22.4 Å². The van der Waals surface area contributed by atoms with Gasteiger partial charge in [-0.2, -0.15) is 5.10 Å². The molecule has 2 atom stereocenters. The number of nitrogens with zero attached hydrogens (tertiary/aromatic N) is 2. The Balaban J connectivity index is 2.24. The van der Waals surface area contributed by atoms with Crippen LogP contribution in [0.5, 0.6) is 0 Å². The van der Waals surface area contributed by atoms with Gasteiger partial charge < -0.3 is 10.5 Å². The quantitative estimate of drug-likeness (QED) is 0.650. The fraction of sp³-hybridized carbons (Fsp3) is 0.625. The maximum Gasteiger partial charge on any atom is 0.114 e. The first-order valence-electron chi connectivity index (χ1n) is 4.14. The Morgan fingerprint density at radius 3 is 3.08 bits per heavy atom. The Kier molecular flexibility index (Phi) is 1.86. The number of rotatable bonds is 1. The molecule has 2 N–H and O–H groups in total. The van der Waals surface area contributed by atoms with E-state index in [1.165, 1.54) is 0 Å². The van der Waals surface area contributed by atoms with Crippen molar-refractivity contribution in [2.45, 2.75) is 18.6 Å². The minimum atomic E-state index is 0.0394. The van der Waals surface area contributed by atoms with Crippen LogP contribution in [0.25, 0.3) is 0 Å². The Morgan fingerprint density at radius 1 is 1.75 bits per heavy atom. The summed E-state index contributed by atoms with van der Waals surface area (Å²) in [4.78, 5) is 0. The summed E-state index contributed by atoms with van der Waals surface area (Å²) in [5, 5.41) is 4.08. The lowest BCUT2D eigenvalue weighted by Crippen LogP contribution is -2.25. The molecule has 0 bridgehead atoms. The summed E-state index contributed by atoms with van der Waals surface area (Å²) in [6.45, 7) is 0.761. The summed E-state index contributed by atoms with van der Waals surface area (Å²) in [7, 11) is 1.91. The van der Waals surface area contributed by atoms with Crippen LogP contribution in [-0.2, 0) is 11.8 Å². The highest BCUT2D eigenvalue weighted by Crippen LogP contribution is 2.26. The molecule has 0 unspecified atom stereocenters. The van der Waals surface area contributed by atoms with E-state index >= 15 is 0 Å². The van der Waals surface area contributed by atoms with E-state index in [0.717, 1.165) is 18.7 Å². The molecule has 0 aromatic carbocycles. The van der Waals surface area contributed by atoms with Gasteiger partial charge in [0.25, 0.3) is 0 Å². The van der Waals surface area contributed by atoms with Gasteiger partial charge in [0.15, 0.2) is 0 Å². The molecule has 1 aliphatic heterocycles. The molecule has 4 nitrogen and oxygen atoms in total. The van der Waals surface area contributed by atoms with Crippen molar-refractivity contribution in [2.24, 2.45) is 12.8 Å². The number of hydrogen-bond acceptors (Lipinski definition) is 3. The Bertz CT molecular complexity index is 271. The molecule has 66 valence electrons. The first-order chi connectivity index (χ1) is 5.79. The lowest BCUT2D eigenvalue weighted by atomic mass is 10.1. The van der Waals surface area contributed by atoms with Crippen LogP contribution in [0.15, 0.2) is 12.3 Å². The molecule has 0 aliphatic carbocycles. The van der Waals surface area contributed by atoms with E-state index in [2.05, 4.69) is 5.10 Å². The van der Waals surface area contributed by atoms with Crippen molar-refractivity contribution >= 4 is 0 Å². The molecule has 0 radical (unpaired) electrons. The zero-order chi connectivity index (χ0) is 8.55. The molecule has 12 heavy (non-hydrogen) atoms. The summed E-state index contributed by atoms with van der Waals surface area (Å²) in [5.41, 5.74) is 6.94. The van der Waals surface area contributed by atoms with Crippen molar-refractivity contribution < 1.29 is 4.74 Å². The van der Waals surface area contributed by atoms with E-state index in [4.69, 9.17) is 10.5 Å². The van der Waals surface area contributed by atoms with Gasteiger partial charge in [0.1, 0.15) is 6.10 Å². The van der Waals surface area contributed by atoms with E-state index in [1.54, 1.807) is 6.20 Å². The van der Waals surface area contributed by atoms with Crippen molar-refractivity contribution in [3.63, 3.8) is 0 Å². The molecule has 2 heterocycles. The zero-order valence-corrected chi connectivity index (χ0v) is 7.10. The van der Waals surface area contributed by atoms with Crippen LogP contribution in [0.3, 0.4) is 0 Å². The van der Waals surface area contributed by atoms with Crippen LogP contribution in [0, 0.1) is 0 Å². The zero-order valence-electron chi connectivity index (χ0n) is 7.10. The second kappa shape index (κ2) is 2.88. The average Bonchev–Trinajstić information content (AvgIpc) is 2.59. The Hall–Kier alpha value is -0.870. The van der Waals surface area contributed by atoms with Gasteiger partial charge >= 0.3 is 0 Å². The summed E-state index contributed by atoms with van der Waals surface area (Å²) < 4.78 is 7.32. The first-order valence-corrected chi connectivity index (χ1v) is 4.14. The van der Waals surface area contributed by atoms with Gasteiger partial charge in [-0.05, 0) is 12.5 Å². The minimum absolute atomic E-state index is 0.0394. The van der Waals surface area contributed by atoms with Gasteiger partial charge in [-0.25, -0.2) is 0 Å². The van der Waals surface area contributed by atoms with Gasteiger partial charge in [0, 0.05) is 25.9 Å². The lowest BCUT2D eigenvalue weighted by Gasteiger charge is -2.14. The second-order valence-corrected chi connectivity index (χ2v) is 3.12. The Morgan fingerprint density at radius 2 is 2.58 bits per heavy atom. The Labute approximate surface area is 71.3 Å². The number of hydrogen-bond donors (Lipinski definition) is 1. The third-order valence-corrected chi connectivity index (χ3v) is 2.29. The topological polar surface area (TPSA) is 53.1 Å². The smallest absolute Gasteiger partial charge is 0.114 e. The van der Waals surface area contributed by atoms with Gasteiger partial charge in [-0.3, -0.25) is 4.68 Å². The maximum atomic E-state index is 5.87. The van der Waals surface area contributed by atoms with Crippen molar-refractivity contribution in [3.05, 3.63) is 18.0 Å². The number of aryl methyl sites for hydroxylation is 1.